The van der Waals surface area contributed by atoms with Crippen molar-refractivity contribution in [1.29, 1.82) is 0 Å². The third-order valence-corrected chi connectivity index (χ3v) is 14.1. The Morgan fingerprint density at radius 2 is 1.67 bits per heavy atom. The van der Waals surface area contributed by atoms with Crippen LogP contribution in [0.1, 0.15) is 100 Å². The number of imidazole rings is 1. The van der Waals surface area contributed by atoms with Gasteiger partial charge < -0.3 is 39.4 Å². The number of unbranched alkanes of at least 4 members (excludes halogenated alkanes) is 3. The molecule has 7 rings (SSSR count). The first-order valence-corrected chi connectivity index (χ1v) is 25.0. The zero-order valence-corrected chi connectivity index (χ0v) is 42.3. The molecular formula is C54H66N8O7S. The van der Waals surface area contributed by atoms with Gasteiger partial charge in [-0.05, 0) is 118 Å². The Bertz CT molecular complexity index is 2710. The third-order valence-electron chi connectivity index (χ3n) is 13.1. The fraction of sp³-hybridized carbons (Fsp3) is 0.426. The molecule has 0 aliphatic carbocycles. The minimum atomic E-state index is -0.979. The Morgan fingerprint density at radius 1 is 0.943 bits per heavy atom. The number of thiazole rings is 1. The molecule has 15 nitrogen and oxygen atoms in total. The van der Waals surface area contributed by atoms with Crippen molar-refractivity contribution in [3.05, 3.63) is 119 Å². The molecule has 4 atom stereocenters. The van der Waals surface area contributed by atoms with E-state index in [0.29, 0.717) is 6.61 Å². The largest absolute Gasteiger partial charge is 0.481 e. The van der Waals surface area contributed by atoms with Crippen molar-refractivity contribution in [2.75, 3.05) is 31.2 Å². The zero-order chi connectivity index (χ0) is 50.1. The van der Waals surface area contributed by atoms with Crippen molar-refractivity contribution in [3.63, 3.8) is 0 Å². The molecule has 3 aromatic carbocycles. The topological polar surface area (TPSA) is 185 Å². The second-order valence-electron chi connectivity index (χ2n) is 19.5. The van der Waals surface area contributed by atoms with Crippen molar-refractivity contribution < 1.29 is 33.5 Å². The van der Waals surface area contributed by atoms with Gasteiger partial charge in [-0.2, -0.15) is 0 Å². The van der Waals surface area contributed by atoms with Crippen LogP contribution in [0.4, 0.5) is 11.4 Å². The van der Waals surface area contributed by atoms with Gasteiger partial charge in [0.05, 0.1) is 34.0 Å². The van der Waals surface area contributed by atoms with E-state index < -0.39 is 35.4 Å². The van der Waals surface area contributed by atoms with Gasteiger partial charge in [0.15, 0.2) is 0 Å². The molecule has 0 radical (unpaired) electrons. The Labute approximate surface area is 414 Å². The molecule has 0 saturated carbocycles. The highest BCUT2D eigenvalue weighted by molar-refractivity contribution is 7.13. The third kappa shape index (κ3) is 12.6. The van der Waals surface area contributed by atoms with Crippen LogP contribution in [0.3, 0.4) is 0 Å². The maximum absolute atomic E-state index is 14.4. The van der Waals surface area contributed by atoms with Crippen LogP contribution in [0.15, 0.2) is 95.5 Å². The monoisotopic (exact) mass is 970 g/mol. The standard InChI is InChI=1S/C54H66N8O7S/c1-34-13-14-42(49-36(3)59-69-38(49)5)29-45(34)61(44-21-19-43(20-22-44)60-25-23-55-32-60)24-11-9-10-12-26-68-31-47(63)58-51(54(6,7)8)53(67)62-30-39(28-48(64)65)27-46(62)57-52(66)35(2)40-15-17-41(18-16-40)50-37(4)56-33-70-50/h13-23,25,29,32-33,35,39,46,51H,9-12,24,26-28,30-31H2,1-8H3,(H,57,66)(H,58,63)(H,64,65)/t35-,39+,46-,51+/m0/s1. The van der Waals surface area contributed by atoms with Gasteiger partial charge >= 0.3 is 5.97 Å². The molecule has 1 fully saturated rings. The lowest BCUT2D eigenvalue weighted by Gasteiger charge is -2.36. The zero-order valence-electron chi connectivity index (χ0n) is 41.5. The van der Waals surface area contributed by atoms with Crippen molar-refractivity contribution in [2.24, 2.45) is 11.3 Å². The average Bonchev–Trinajstić information content (AvgIpc) is 4.16. The number of aryl methyl sites for hydroxylation is 4. The molecule has 1 aliphatic rings. The molecular weight excluding hydrogens is 905 g/mol. The normalized spacial score (nSPS) is 15.7. The highest BCUT2D eigenvalue weighted by atomic mass is 32.1. The summed E-state index contributed by atoms with van der Waals surface area (Å²) in [5.41, 5.74) is 11.1. The van der Waals surface area contributed by atoms with E-state index in [-0.39, 0.29) is 43.7 Å². The van der Waals surface area contributed by atoms with Gasteiger partial charge in [0.25, 0.3) is 0 Å². The van der Waals surface area contributed by atoms with E-state index in [9.17, 15) is 24.3 Å². The van der Waals surface area contributed by atoms with E-state index in [4.69, 9.17) is 9.26 Å². The number of nitrogens with zero attached hydrogens (tertiary/aromatic N) is 6. The highest BCUT2D eigenvalue weighted by Crippen LogP contribution is 2.36. The first-order valence-electron chi connectivity index (χ1n) is 24.1. The number of nitrogens with one attached hydrogen (secondary N) is 2. The number of carboxylic acids is 1. The van der Waals surface area contributed by atoms with Crippen LogP contribution in [0.2, 0.25) is 0 Å². The van der Waals surface area contributed by atoms with Gasteiger partial charge in [-0.25, -0.2) is 9.97 Å². The van der Waals surface area contributed by atoms with Crippen molar-refractivity contribution in [3.8, 4) is 27.3 Å². The molecule has 6 aromatic rings. The molecule has 3 aromatic heterocycles. The molecule has 4 heterocycles. The van der Waals surface area contributed by atoms with Crippen LogP contribution in [0, 0.1) is 39.0 Å². The van der Waals surface area contributed by atoms with Crippen LogP contribution >= 0.6 is 11.3 Å². The second-order valence-corrected chi connectivity index (χ2v) is 20.4. The van der Waals surface area contributed by atoms with E-state index >= 15 is 0 Å². The van der Waals surface area contributed by atoms with Crippen molar-refractivity contribution >= 4 is 46.4 Å². The number of carbonyl (C=O) groups is 4. The maximum Gasteiger partial charge on any atom is 0.303 e. The molecule has 3 amide bonds. The van der Waals surface area contributed by atoms with E-state index in [1.54, 1.807) is 36.3 Å². The molecule has 0 spiro atoms. The predicted molar refractivity (Wildman–Crippen MR) is 272 cm³/mol. The minimum absolute atomic E-state index is 0.136. The van der Waals surface area contributed by atoms with E-state index in [0.717, 1.165) is 99.1 Å². The summed E-state index contributed by atoms with van der Waals surface area (Å²) >= 11 is 1.56. The molecule has 0 bridgehead atoms. The number of carbonyl (C=O) groups excluding carboxylic acids is 3. The van der Waals surface area contributed by atoms with Gasteiger partial charge in [-0.3, -0.25) is 19.2 Å². The van der Waals surface area contributed by atoms with Crippen molar-refractivity contribution in [2.45, 2.75) is 112 Å². The summed E-state index contributed by atoms with van der Waals surface area (Å²) in [6.45, 7) is 16.5. The predicted octanol–water partition coefficient (Wildman–Crippen LogP) is 9.70. The van der Waals surface area contributed by atoms with E-state index in [1.165, 1.54) is 4.90 Å². The van der Waals surface area contributed by atoms with Gasteiger partial charge in [0, 0.05) is 61.1 Å². The number of likely N-dealkylation sites (tertiary alicyclic amines) is 1. The van der Waals surface area contributed by atoms with Gasteiger partial charge in [0.1, 0.15) is 24.6 Å². The molecule has 1 saturated heterocycles. The number of carboxylic acid groups (broad SMARTS) is 1. The fourth-order valence-corrected chi connectivity index (χ4v) is 10.0. The number of hydrogen-bond donors (Lipinski definition) is 3. The van der Waals surface area contributed by atoms with Gasteiger partial charge in [0.2, 0.25) is 17.7 Å². The quantitative estimate of drug-likeness (QED) is 0.0584. The molecule has 70 heavy (non-hydrogen) atoms. The SMILES string of the molecule is Cc1ccc(-c2c(C)noc2C)cc1N(CCCCCCOCC(=O)N[C@H](C(=O)N1C[C@@H](CC(=O)O)C[C@H]1NC(=O)[C@@H](C)c1ccc(-c2scnc2C)cc1)C(C)(C)C)c1ccc(-n2ccnc2)cc1. The number of benzene rings is 3. The summed E-state index contributed by atoms with van der Waals surface area (Å²) in [5, 5.41) is 19.8. The van der Waals surface area contributed by atoms with Crippen molar-refractivity contribution in [1.82, 2.24) is 35.2 Å². The van der Waals surface area contributed by atoms with E-state index in [1.807, 2.05) is 76.6 Å². The lowest BCUT2D eigenvalue weighted by Crippen LogP contribution is -2.58. The van der Waals surface area contributed by atoms with Crippen LogP contribution in [0.5, 0.6) is 0 Å². The summed E-state index contributed by atoms with van der Waals surface area (Å²) < 4.78 is 13.3. The lowest BCUT2D eigenvalue weighted by molar-refractivity contribution is -0.143. The smallest absolute Gasteiger partial charge is 0.303 e. The van der Waals surface area contributed by atoms with Gasteiger partial charge in [-0.15, -0.1) is 11.3 Å². The Morgan fingerprint density at radius 3 is 2.31 bits per heavy atom. The number of amides is 3. The number of aromatic nitrogens is 4. The van der Waals surface area contributed by atoms with Gasteiger partial charge in [-0.1, -0.05) is 75.2 Å². The molecule has 16 heteroatoms. The number of aliphatic carboxylic acids is 1. The number of rotatable bonds is 21. The summed E-state index contributed by atoms with van der Waals surface area (Å²) in [4.78, 5) is 66.8. The van der Waals surface area contributed by atoms with Crippen LogP contribution in [0.25, 0.3) is 27.3 Å². The van der Waals surface area contributed by atoms with Crippen LogP contribution < -0.4 is 15.5 Å². The fourth-order valence-electron chi connectivity index (χ4n) is 9.21. The Hall–Kier alpha value is -6.65. The molecule has 1 aliphatic heterocycles. The first-order chi connectivity index (χ1) is 33.5. The van der Waals surface area contributed by atoms with E-state index in [2.05, 4.69) is 80.0 Å². The molecule has 3 N–H and O–H groups in total. The summed E-state index contributed by atoms with van der Waals surface area (Å²) in [6, 6.07) is 21.8. The number of ether oxygens (including phenoxy) is 1. The Balaban J connectivity index is 0.919. The minimum Gasteiger partial charge on any atom is -0.481 e. The van der Waals surface area contributed by atoms with Crippen LogP contribution in [-0.4, -0.2) is 91.9 Å². The Kier molecular flexibility index (Phi) is 16.7. The molecule has 0 unspecified atom stereocenters. The average molecular weight is 971 g/mol. The summed E-state index contributed by atoms with van der Waals surface area (Å²) in [5.74, 6) is -2.21. The maximum atomic E-state index is 14.4. The van der Waals surface area contributed by atoms with Crippen LogP contribution in [-0.2, 0) is 23.9 Å². The highest BCUT2D eigenvalue weighted by Gasteiger charge is 2.43. The first kappa shape index (κ1) is 51.2. The second kappa shape index (κ2) is 22.8. The lowest BCUT2D eigenvalue weighted by atomic mass is 9.85. The number of anilines is 2. The molecule has 370 valence electrons. The summed E-state index contributed by atoms with van der Waals surface area (Å²) in [6.07, 6.45) is 8.37. The summed E-state index contributed by atoms with van der Waals surface area (Å²) in [7, 11) is 0. The number of hydrogen-bond acceptors (Lipinski definition) is 11.